The number of morpholine rings is 1. The monoisotopic (exact) mass is 259 g/mol. The molecule has 0 aliphatic carbocycles. The van der Waals surface area contributed by atoms with Gasteiger partial charge in [-0.05, 0) is 32.9 Å². The summed E-state index contributed by atoms with van der Waals surface area (Å²) < 4.78 is 36.9. The molecule has 0 spiro atoms. The summed E-state index contributed by atoms with van der Waals surface area (Å²) in [4.78, 5) is 0. The van der Waals surface area contributed by atoms with E-state index in [0.29, 0.717) is 0 Å². The summed E-state index contributed by atoms with van der Waals surface area (Å²) in [6, 6.07) is -2.19. The third-order valence-electron chi connectivity index (χ3n) is 2.80. The quantitative estimate of drug-likeness (QED) is 0.813. The maximum absolute atomic E-state index is 10.8. The van der Waals surface area contributed by atoms with Crippen molar-refractivity contribution in [2.45, 2.75) is 38.1 Å². The van der Waals surface area contributed by atoms with Gasteiger partial charge in [0.15, 0.2) is 0 Å². The van der Waals surface area contributed by atoms with Crippen LogP contribution in [-0.4, -0.2) is 23.3 Å². The lowest BCUT2D eigenvalue weighted by atomic mass is 9.93. The van der Waals surface area contributed by atoms with Crippen LogP contribution in [0.15, 0.2) is 24.2 Å². The van der Waals surface area contributed by atoms with Gasteiger partial charge in [0, 0.05) is 16.1 Å². The number of hydrogen-bond donors (Lipinski definition) is 2. The highest BCUT2D eigenvalue weighted by Crippen LogP contribution is 2.33. The van der Waals surface area contributed by atoms with Gasteiger partial charge in [-0.15, -0.1) is 0 Å². The number of hydrogen-bond acceptors (Lipinski definition) is 3. The highest BCUT2D eigenvalue weighted by Gasteiger charge is 2.44. The Kier molecular flexibility index (Phi) is 2.12. The predicted octanol–water partition coefficient (Wildman–Crippen LogP) is 2.27. The second-order valence-corrected chi connectivity index (χ2v) is 5.30. The first-order valence-corrected chi connectivity index (χ1v) is 5.79. The fraction of sp³-hybridized carbons (Fsp3) is 0.538. The molecule has 1 fully saturated rings. The summed E-state index contributed by atoms with van der Waals surface area (Å²) in [6.07, 6.45) is 0. The molecule has 0 radical (unpaired) electrons. The Morgan fingerprint density at radius 3 is 2.94 bits per heavy atom. The van der Waals surface area contributed by atoms with Crippen molar-refractivity contribution in [2.75, 3.05) is 6.61 Å². The molecule has 1 aromatic rings. The van der Waals surface area contributed by atoms with Crippen molar-refractivity contribution in [3.05, 3.63) is 34.8 Å². The molecule has 1 aromatic carbocycles. The molecule has 3 nitrogen and oxygen atoms in total. The van der Waals surface area contributed by atoms with Gasteiger partial charge in [-0.2, -0.15) is 0 Å². The standard InChI is InChI=1S/C13H18ClNO2/c1-9-13(16,17-8-12(2,3)15-9)10-5-4-6-11(14)7-10/h4-7,9,15-16H,8H2,1-3H3/t9-,13+/m0/s1/i4D,5D,6D,7D. The maximum Gasteiger partial charge on any atom is 0.208 e. The van der Waals surface area contributed by atoms with Crippen molar-refractivity contribution < 1.29 is 15.3 Å². The molecule has 1 saturated heterocycles. The lowest BCUT2D eigenvalue weighted by Gasteiger charge is -2.46. The van der Waals surface area contributed by atoms with E-state index in [1.54, 1.807) is 6.92 Å². The molecule has 0 aromatic heterocycles. The zero-order valence-corrected chi connectivity index (χ0v) is 10.8. The van der Waals surface area contributed by atoms with E-state index in [0.717, 1.165) is 0 Å². The molecular weight excluding hydrogens is 238 g/mol. The summed E-state index contributed by atoms with van der Waals surface area (Å²) in [6.45, 7) is 5.65. The fourth-order valence-corrected chi connectivity index (χ4v) is 2.07. The fourth-order valence-electron chi connectivity index (χ4n) is 1.93. The van der Waals surface area contributed by atoms with Gasteiger partial charge in [0.1, 0.15) is 0 Å². The zero-order chi connectivity index (χ0) is 16.2. The second-order valence-electron chi connectivity index (χ2n) is 4.92. The SMILES string of the molecule is [2H]c1c([2H])c(Cl)c([2H])c([C@]2(O)OCC(C)(C)N[C@H]2C)c1[2H]. The van der Waals surface area contributed by atoms with E-state index < -0.39 is 30.0 Å². The van der Waals surface area contributed by atoms with Crippen LogP contribution in [0.1, 0.15) is 31.8 Å². The number of ether oxygens (including phenoxy) is 1. The largest absolute Gasteiger partial charge is 0.361 e. The smallest absolute Gasteiger partial charge is 0.208 e. The number of aliphatic hydroxyl groups is 1. The van der Waals surface area contributed by atoms with Gasteiger partial charge >= 0.3 is 0 Å². The van der Waals surface area contributed by atoms with E-state index in [-0.39, 0.29) is 28.8 Å². The van der Waals surface area contributed by atoms with E-state index >= 15 is 0 Å². The van der Waals surface area contributed by atoms with Crippen molar-refractivity contribution in [3.8, 4) is 0 Å². The summed E-state index contributed by atoms with van der Waals surface area (Å²) in [5, 5.41) is 13.7. The molecule has 0 unspecified atom stereocenters. The Morgan fingerprint density at radius 2 is 2.29 bits per heavy atom. The van der Waals surface area contributed by atoms with Crippen LogP contribution < -0.4 is 5.32 Å². The minimum Gasteiger partial charge on any atom is -0.361 e. The number of nitrogens with one attached hydrogen (secondary N) is 1. The van der Waals surface area contributed by atoms with E-state index in [2.05, 4.69) is 5.32 Å². The first-order valence-electron chi connectivity index (χ1n) is 7.41. The van der Waals surface area contributed by atoms with Gasteiger partial charge in [0.05, 0.1) is 18.1 Å². The van der Waals surface area contributed by atoms with Crippen LogP contribution in [0.25, 0.3) is 0 Å². The molecule has 0 saturated carbocycles. The van der Waals surface area contributed by atoms with Crippen LogP contribution >= 0.6 is 11.6 Å². The van der Waals surface area contributed by atoms with Gasteiger partial charge in [-0.1, -0.05) is 23.7 Å². The molecule has 2 rings (SSSR count). The van der Waals surface area contributed by atoms with Crippen LogP contribution in [0.2, 0.25) is 5.02 Å². The molecule has 1 aliphatic rings. The van der Waals surface area contributed by atoms with Crippen LogP contribution in [-0.2, 0) is 10.5 Å². The Bertz CT molecular complexity index is 567. The Hall–Kier alpha value is -0.610. The maximum atomic E-state index is 10.8. The summed E-state index contributed by atoms with van der Waals surface area (Å²) in [5.41, 5.74) is -0.539. The second kappa shape index (κ2) is 4.25. The van der Waals surface area contributed by atoms with Gasteiger partial charge in [0.2, 0.25) is 5.79 Å². The van der Waals surface area contributed by atoms with Gasteiger partial charge < -0.3 is 15.2 Å². The molecule has 0 amide bonds. The average Bonchev–Trinajstić information content (AvgIpc) is 2.39. The molecule has 2 N–H and O–H groups in total. The molecule has 17 heavy (non-hydrogen) atoms. The highest BCUT2D eigenvalue weighted by atomic mass is 35.5. The van der Waals surface area contributed by atoms with Crippen molar-refractivity contribution in [1.29, 1.82) is 0 Å². The summed E-state index contributed by atoms with van der Waals surface area (Å²) in [5.74, 6) is -1.93. The molecule has 4 heteroatoms. The normalized spacial score (nSPS) is 35.7. The number of rotatable bonds is 1. The van der Waals surface area contributed by atoms with Crippen LogP contribution in [0, 0.1) is 0 Å². The van der Waals surface area contributed by atoms with Crippen LogP contribution in [0.3, 0.4) is 0 Å². The topological polar surface area (TPSA) is 41.5 Å². The number of benzene rings is 1. The van der Waals surface area contributed by atoms with Gasteiger partial charge in [-0.25, -0.2) is 0 Å². The first-order chi connectivity index (χ1) is 9.51. The van der Waals surface area contributed by atoms with Gasteiger partial charge in [-0.3, -0.25) is 0 Å². The van der Waals surface area contributed by atoms with Crippen molar-refractivity contribution >= 4 is 11.6 Å². The minimum absolute atomic E-state index is 0.167. The average molecular weight is 260 g/mol. The lowest BCUT2D eigenvalue weighted by Crippen LogP contribution is -2.63. The third-order valence-corrected chi connectivity index (χ3v) is 2.99. The Morgan fingerprint density at radius 1 is 1.59 bits per heavy atom. The third kappa shape index (κ3) is 2.47. The van der Waals surface area contributed by atoms with Crippen molar-refractivity contribution in [1.82, 2.24) is 5.32 Å². The molecule has 1 heterocycles. The molecule has 0 bridgehead atoms. The molecule has 1 aliphatic heterocycles. The van der Waals surface area contributed by atoms with Crippen LogP contribution in [0.4, 0.5) is 0 Å². The molecule has 94 valence electrons. The van der Waals surface area contributed by atoms with Gasteiger partial charge in [0.25, 0.3) is 0 Å². The van der Waals surface area contributed by atoms with Crippen molar-refractivity contribution in [3.63, 3.8) is 0 Å². The Labute approximate surface area is 112 Å². The van der Waals surface area contributed by atoms with E-state index in [4.69, 9.17) is 21.8 Å². The van der Waals surface area contributed by atoms with E-state index in [1.807, 2.05) is 13.8 Å². The van der Waals surface area contributed by atoms with Crippen molar-refractivity contribution in [2.24, 2.45) is 0 Å². The first kappa shape index (κ1) is 8.48. The predicted molar refractivity (Wildman–Crippen MR) is 68.0 cm³/mol. The summed E-state index contributed by atoms with van der Waals surface area (Å²) in [7, 11) is 0. The van der Waals surface area contributed by atoms with E-state index in [1.165, 1.54) is 0 Å². The lowest BCUT2D eigenvalue weighted by molar-refractivity contribution is -0.263. The number of halogens is 1. The zero-order valence-electron chi connectivity index (χ0n) is 14.0. The minimum atomic E-state index is -1.93. The molecule has 2 atom stereocenters. The van der Waals surface area contributed by atoms with Crippen LogP contribution in [0.5, 0.6) is 0 Å². The molecular formula is C13H18ClNO2. The van der Waals surface area contributed by atoms with E-state index in [9.17, 15) is 5.11 Å². The highest BCUT2D eigenvalue weighted by molar-refractivity contribution is 6.30. The Balaban J connectivity index is 2.62. The summed E-state index contributed by atoms with van der Waals surface area (Å²) >= 11 is 5.88.